The first-order valence-electron chi connectivity index (χ1n) is 7.24. The van der Waals surface area contributed by atoms with Gasteiger partial charge in [-0.15, -0.1) is 12.4 Å². The minimum absolute atomic E-state index is 0. The van der Waals surface area contributed by atoms with Gasteiger partial charge in [0.15, 0.2) is 0 Å². The molecule has 0 atom stereocenters. The van der Waals surface area contributed by atoms with Crippen molar-refractivity contribution >= 4 is 29.4 Å². The first-order valence-corrected chi connectivity index (χ1v) is 7.24. The summed E-state index contributed by atoms with van der Waals surface area (Å²) in [6.07, 6.45) is 0.885. The van der Waals surface area contributed by atoms with Gasteiger partial charge in [0, 0.05) is 12.2 Å². The van der Waals surface area contributed by atoms with Gasteiger partial charge in [-0.2, -0.15) is 0 Å². The van der Waals surface area contributed by atoms with Crippen molar-refractivity contribution in [2.45, 2.75) is 33.1 Å². The van der Waals surface area contributed by atoms with Gasteiger partial charge in [-0.05, 0) is 38.9 Å². The molecular weight excluding hydrogens is 304 g/mol. The van der Waals surface area contributed by atoms with E-state index in [4.69, 9.17) is 4.52 Å². The molecule has 0 saturated heterocycles. The second kappa shape index (κ2) is 8.10. The van der Waals surface area contributed by atoms with Crippen molar-refractivity contribution in [1.82, 2.24) is 20.8 Å². The Morgan fingerprint density at radius 1 is 1.36 bits per heavy atom. The predicted octanol–water partition coefficient (Wildman–Crippen LogP) is 2.42. The summed E-state index contributed by atoms with van der Waals surface area (Å²) in [7, 11) is 1.89. The number of aromatic nitrogens is 2. The maximum atomic E-state index is 12.4. The van der Waals surface area contributed by atoms with Crippen LogP contribution in [-0.2, 0) is 0 Å². The van der Waals surface area contributed by atoms with Gasteiger partial charge in [-0.3, -0.25) is 4.79 Å². The second-order valence-corrected chi connectivity index (χ2v) is 5.43. The number of rotatable bonds is 6. The molecule has 0 unspecified atom stereocenters. The molecular formula is C15H23ClN4O2. The maximum absolute atomic E-state index is 12.4. The molecule has 2 aromatic rings. The number of nitrogens with zero attached hydrogens (tertiary/aromatic N) is 2. The van der Waals surface area contributed by atoms with Crippen LogP contribution in [0.25, 0.3) is 11.1 Å². The van der Waals surface area contributed by atoms with E-state index in [1.54, 1.807) is 6.07 Å². The Morgan fingerprint density at radius 2 is 2.09 bits per heavy atom. The summed E-state index contributed by atoms with van der Waals surface area (Å²) in [5, 5.41) is 10.8. The molecule has 0 saturated carbocycles. The number of halogens is 1. The summed E-state index contributed by atoms with van der Waals surface area (Å²) < 4.78 is 5.27. The third-order valence-electron chi connectivity index (χ3n) is 3.28. The van der Waals surface area contributed by atoms with Gasteiger partial charge in [-0.25, -0.2) is 4.98 Å². The third kappa shape index (κ3) is 3.96. The van der Waals surface area contributed by atoms with Crippen molar-refractivity contribution in [3.8, 4) is 0 Å². The van der Waals surface area contributed by atoms with Crippen molar-refractivity contribution in [2.24, 2.45) is 0 Å². The molecule has 2 rings (SSSR count). The molecule has 0 aliphatic heterocycles. The molecule has 1 amide bonds. The van der Waals surface area contributed by atoms with Crippen LogP contribution < -0.4 is 10.6 Å². The molecule has 0 fully saturated rings. The van der Waals surface area contributed by atoms with E-state index in [1.807, 2.05) is 27.8 Å². The number of nitrogens with one attached hydrogen (secondary N) is 2. The lowest BCUT2D eigenvalue weighted by Gasteiger charge is -2.08. The number of carbonyl (C=O) groups excluding carboxylic acids is 1. The Morgan fingerprint density at radius 3 is 2.73 bits per heavy atom. The van der Waals surface area contributed by atoms with Crippen LogP contribution in [0.4, 0.5) is 0 Å². The highest BCUT2D eigenvalue weighted by molar-refractivity contribution is 6.06. The number of aryl methyl sites for hydroxylation is 1. The van der Waals surface area contributed by atoms with Crippen LogP contribution in [0.15, 0.2) is 10.6 Å². The van der Waals surface area contributed by atoms with Crippen LogP contribution in [-0.4, -0.2) is 36.2 Å². The van der Waals surface area contributed by atoms with Crippen molar-refractivity contribution in [2.75, 3.05) is 20.1 Å². The Bertz CT molecular complexity index is 640. The topological polar surface area (TPSA) is 80.0 Å². The summed E-state index contributed by atoms with van der Waals surface area (Å²) in [5.41, 5.74) is 2.54. The molecule has 0 radical (unpaired) electrons. The minimum atomic E-state index is -0.105. The minimum Gasteiger partial charge on any atom is -0.352 e. The Hall–Kier alpha value is -1.66. The van der Waals surface area contributed by atoms with Gasteiger partial charge in [0.05, 0.1) is 16.6 Å². The summed E-state index contributed by atoms with van der Waals surface area (Å²) in [6, 6.07) is 1.79. The molecule has 122 valence electrons. The van der Waals surface area contributed by atoms with Gasteiger partial charge in [0.1, 0.15) is 0 Å². The highest BCUT2D eigenvalue weighted by atomic mass is 35.5. The highest BCUT2D eigenvalue weighted by Gasteiger charge is 2.21. The van der Waals surface area contributed by atoms with Crippen LogP contribution in [0.2, 0.25) is 0 Å². The van der Waals surface area contributed by atoms with Gasteiger partial charge in [0.25, 0.3) is 11.6 Å². The molecule has 22 heavy (non-hydrogen) atoms. The van der Waals surface area contributed by atoms with E-state index in [2.05, 4.69) is 20.8 Å². The summed E-state index contributed by atoms with van der Waals surface area (Å²) in [5.74, 6) is 0.0679. The van der Waals surface area contributed by atoms with Crippen LogP contribution in [0.5, 0.6) is 0 Å². The van der Waals surface area contributed by atoms with E-state index in [0.29, 0.717) is 17.8 Å². The quantitative estimate of drug-likeness (QED) is 0.797. The molecule has 0 bridgehead atoms. The number of carbonyl (C=O) groups is 1. The molecule has 2 aromatic heterocycles. The molecule has 0 aliphatic rings. The van der Waals surface area contributed by atoms with E-state index in [0.717, 1.165) is 29.7 Å². The van der Waals surface area contributed by atoms with E-state index >= 15 is 0 Å². The summed E-state index contributed by atoms with van der Waals surface area (Å²) in [4.78, 5) is 16.7. The number of amides is 1. The lowest BCUT2D eigenvalue weighted by Crippen LogP contribution is -2.27. The number of pyridine rings is 1. The molecule has 2 heterocycles. The number of hydrogen-bond acceptors (Lipinski definition) is 5. The van der Waals surface area contributed by atoms with E-state index in [1.165, 1.54) is 0 Å². The van der Waals surface area contributed by atoms with Crippen LogP contribution >= 0.6 is 12.4 Å². The second-order valence-electron chi connectivity index (χ2n) is 5.43. The average Bonchev–Trinajstić information content (AvgIpc) is 2.86. The predicted molar refractivity (Wildman–Crippen MR) is 88.8 cm³/mol. The van der Waals surface area contributed by atoms with Crippen molar-refractivity contribution in [3.63, 3.8) is 0 Å². The molecule has 0 aromatic carbocycles. The third-order valence-corrected chi connectivity index (χ3v) is 3.28. The van der Waals surface area contributed by atoms with E-state index < -0.39 is 0 Å². The summed E-state index contributed by atoms with van der Waals surface area (Å²) >= 11 is 0. The normalized spacial score (nSPS) is 10.8. The highest BCUT2D eigenvalue weighted by Crippen LogP contribution is 2.27. The molecule has 2 N–H and O–H groups in total. The zero-order chi connectivity index (χ0) is 15.4. The SMILES string of the molecule is CNCCCNC(=O)c1cc(C)nc2onc(C(C)C)c12.Cl. The monoisotopic (exact) mass is 326 g/mol. The summed E-state index contributed by atoms with van der Waals surface area (Å²) in [6.45, 7) is 7.38. The molecule has 6 nitrogen and oxygen atoms in total. The van der Waals surface area contributed by atoms with Crippen LogP contribution in [0.3, 0.4) is 0 Å². The Balaban J connectivity index is 0.00000242. The van der Waals surface area contributed by atoms with Crippen LogP contribution in [0.1, 0.15) is 47.9 Å². The Labute approximate surface area is 136 Å². The fourth-order valence-electron chi connectivity index (χ4n) is 2.23. The molecule has 0 spiro atoms. The zero-order valence-corrected chi connectivity index (χ0v) is 14.2. The first-order chi connectivity index (χ1) is 10.0. The van der Waals surface area contributed by atoms with Crippen LogP contribution in [0, 0.1) is 6.92 Å². The van der Waals surface area contributed by atoms with Gasteiger partial charge < -0.3 is 15.2 Å². The smallest absolute Gasteiger partial charge is 0.259 e. The largest absolute Gasteiger partial charge is 0.352 e. The van der Waals surface area contributed by atoms with E-state index in [9.17, 15) is 4.79 Å². The number of hydrogen-bond donors (Lipinski definition) is 2. The molecule has 7 heteroatoms. The molecule has 0 aliphatic carbocycles. The van der Waals surface area contributed by atoms with Gasteiger partial charge in [0.2, 0.25) is 0 Å². The average molecular weight is 327 g/mol. The van der Waals surface area contributed by atoms with Crippen molar-refractivity contribution in [1.29, 1.82) is 0 Å². The van der Waals surface area contributed by atoms with Gasteiger partial charge >= 0.3 is 0 Å². The standard InChI is InChI=1S/C15H22N4O2.ClH/c1-9(2)13-12-11(14(20)17-7-5-6-16-4)8-10(3)18-15(12)21-19-13;/h8-9,16H,5-7H2,1-4H3,(H,17,20);1H. The number of fused-ring (bicyclic) bond motifs is 1. The van der Waals surface area contributed by atoms with Crippen molar-refractivity contribution in [3.05, 3.63) is 23.0 Å². The maximum Gasteiger partial charge on any atom is 0.259 e. The fraction of sp³-hybridized carbons (Fsp3) is 0.533. The van der Waals surface area contributed by atoms with Crippen molar-refractivity contribution < 1.29 is 9.32 Å². The zero-order valence-electron chi connectivity index (χ0n) is 13.4. The lowest BCUT2D eigenvalue weighted by atomic mass is 10.0. The first kappa shape index (κ1) is 18.4. The fourth-order valence-corrected chi connectivity index (χ4v) is 2.23. The van der Waals surface area contributed by atoms with Gasteiger partial charge in [-0.1, -0.05) is 19.0 Å². The Kier molecular flexibility index (Phi) is 6.77. The lowest BCUT2D eigenvalue weighted by molar-refractivity contribution is 0.0954. The van der Waals surface area contributed by atoms with E-state index in [-0.39, 0.29) is 24.2 Å².